The van der Waals surface area contributed by atoms with E-state index in [-0.39, 0.29) is 0 Å². The number of pyridine rings is 1. The van der Waals surface area contributed by atoms with Gasteiger partial charge in [0.05, 0.1) is 11.9 Å². The number of nitrogens with zero attached hydrogens (tertiary/aromatic N) is 2. The van der Waals surface area contributed by atoms with Crippen molar-refractivity contribution in [3.63, 3.8) is 0 Å². The monoisotopic (exact) mass is 216 g/mol. The molecule has 4 heteroatoms. The number of hydrogen-bond acceptors (Lipinski definition) is 4. The highest BCUT2D eigenvalue weighted by Crippen LogP contribution is 2.13. The van der Waals surface area contributed by atoms with E-state index in [1.54, 1.807) is 12.3 Å². The topological polar surface area (TPSA) is 60.7 Å². The lowest BCUT2D eigenvalue weighted by Gasteiger charge is -2.23. The van der Waals surface area contributed by atoms with Crippen LogP contribution in [0.25, 0.3) is 0 Å². The second kappa shape index (κ2) is 5.47. The summed E-state index contributed by atoms with van der Waals surface area (Å²) in [6.07, 6.45) is 4.19. The standard InChI is InChI=1S/C12H16N4/c13-7-11-1-2-12(9-16-11)15-8-10-3-5-14-6-4-10/h1-2,9-10,14-15H,3-6,8H2. The Labute approximate surface area is 95.7 Å². The van der Waals surface area contributed by atoms with Crippen molar-refractivity contribution in [1.82, 2.24) is 10.3 Å². The van der Waals surface area contributed by atoms with Gasteiger partial charge in [-0.1, -0.05) is 0 Å². The summed E-state index contributed by atoms with van der Waals surface area (Å²) in [6, 6.07) is 5.66. The van der Waals surface area contributed by atoms with E-state index in [1.807, 2.05) is 12.1 Å². The Balaban J connectivity index is 1.82. The molecule has 16 heavy (non-hydrogen) atoms. The van der Waals surface area contributed by atoms with Crippen LogP contribution in [0.2, 0.25) is 0 Å². The molecule has 1 aromatic rings. The Kier molecular flexibility index (Phi) is 3.73. The van der Waals surface area contributed by atoms with E-state index in [4.69, 9.17) is 5.26 Å². The first-order valence-electron chi connectivity index (χ1n) is 5.69. The fraction of sp³-hybridized carbons (Fsp3) is 0.500. The van der Waals surface area contributed by atoms with Crippen LogP contribution in [0.4, 0.5) is 5.69 Å². The molecular weight excluding hydrogens is 200 g/mol. The van der Waals surface area contributed by atoms with Crippen molar-refractivity contribution in [2.24, 2.45) is 5.92 Å². The summed E-state index contributed by atoms with van der Waals surface area (Å²) in [4.78, 5) is 4.02. The summed E-state index contributed by atoms with van der Waals surface area (Å²) in [7, 11) is 0. The maximum atomic E-state index is 8.62. The van der Waals surface area contributed by atoms with Gasteiger partial charge in [-0.25, -0.2) is 4.98 Å². The summed E-state index contributed by atoms with van der Waals surface area (Å²) in [5.74, 6) is 0.747. The molecule has 84 valence electrons. The van der Waals surface area contributed by atoms with Crippen LogP contribution in [0.5, 0.6) is 0 Å². The van der Waals surface area contributed by atoms with Crippen molar-refractivity contribution in [3.05, 3.63) is 24.0 Å². The van der Waals surface area contributed by atoms with Gasteiger partial charge in [-0.15, -0.1) is 0 Å². The highest BCUT2D eigenvalue weighted by Gasteiger charge is 2.12. The second-order valence-electron chi connectivity index (χ2n) is 4.12. The van der Waals surface area contributed by atoms with Crippen LogP contribution in [-0.2, 0) is 0 Å². The fourth-order valence-electron chi connectivity index (χ4n) is 1.91. The van der Waals surface area contributed by atoms with Crippen molar-refractivity contribution in [1.29, 1.82) is 5.26 Å². The zero-order valence-electron chi connectivity index (χ0n) is 9.24. The molecule has 1 aromatic heterocycles. The van der Waals surface area contributed by atoms with Crippen LogP contribution < -0.4 is 10.6 Å². The molecule has 2 N–H and O–H groups in total. The summed E-state index contributed by atoms with van der Waals surface area (Å²) in [5.41, 5.74) is 1.46. The van der Waals surface area contributed by atoms with E-state index in [0.29, 0.717) is 5.69 Å². The molecule has 1 saturated heterocycles. The van der Waals surface area contributed by atoms with E-state index < -0.39 is 0 Å². The Morgan fingerprint density at radius 1 is 1.44 bits per heavy atom. The zero-order valence-corrected chi connectivity index (χ0v) is 9.24. The molecular formula is C12H16N4. The van der Waals surface area contributed by atoms with E-state index >= 15 is 0 Å². The van der Waals surface area contributed by atoms with Gasteiger partial charge in [0, 0.05) is 6.54 Å². The van der Waals surface area contributed by atoms with Gasteiger partial charge in [0.15, 0.2) is 0 Å². The largest absolute Gasteiger partial charge is 0.384 e. The lowest BCUT2D eigenvalue weighted by Crippen LogP contribution is -2.31. The summed E-state index contributed by atoms with van der Waals surface area (Å²) in [5, 5.41) is 15.3. The minimum atomic E-state index is 0.465. The number of hydrogen-bond donors (Lipinski definition) is 2. The van der Waals surface area contributed by atoms with Gasteiger partial charge in [-0.2, -0.15) is 5.26 Å². The molecule has 0 aliphatic carbocycles. The molecule has 0 bridgehead atoms. The normalized spacial score (nSPS) is 16.7. The van der Waals surface area contributed by atoms with Gasteiger partial charge in [0.25, 0.3) is 0 Å². The number of aromatic nitrogens is 1. The minimum Gasteiger partial charge on any atom is -0.384 e. The third-order valence-corrected chi connectivity index (χ3v) is 2.93. The van der Waals surface area contributed by atoms with Crippen LogP contribution in [0.1, 0.15) is 18.5 Å². The molecule has 0 saturated carbocycles. The average molecular weight is 216 g/mol. The zero-order chi connectivity index (χ0) is 11.2. The van der Waals surface area contributed by atoms with Gasteiger partial charge < -0.3 is 10.6 Å². The number of rotatable bonds is 3. The molecule has 1 fully saturated rings. The van der Waals surface area contributed by atoms with Crippen molar-refractivity contribution in [3.8, 4) is 6.07 Å². The van der Waals surface area contributed by atoms with Crippen LogP contribution >= 0.6 is 0 Å². The van der Waals surface area contributed by atoms with E-state index in [9.17, 15) is 0 Å². The first-order chi connectivity index (χ1) is 7.88. The second-order valence-corrected chi connectivity index (χ2v) is 4.12. The molecule has 0 spiro atoms. The van der Waals surface area contributed by atoms with Crippen LogP contribution in [-0.4, -0.2) is 24.6 Å². The van der Waals surface area contributed by atoms with E-state index in [1.165, 1.54) is 12.8 Å². The Bertz CT molecular complexity index is 360. The molecule has 4 nitrogen and oxygen atoms in total. The average Bonchev–Trinajstić information content (AvgIpc) is 2.38. The summed E-state index contributed by atoms with van der Waals surface area (Å²) < 4.78 is 0. The Hall–Kier alpha value is -1.60. The first kappa shape index (κ1) is 10.9. The van der Waals surface area contributed by atoms with Crippen molar-refractivity contribution >= 4 is 5.69 Å². The third kappa shape index (κ3) is 2.94. The SMILES string of the molecule is N#Cc1ccc(NCC2CCNCC2)cn1. The molecule has 0 aromatic carbocycles. The molecule has 2 heterocycles. The number of nitriles is 1. The quantitative estimate of drug-likeness (QED) is 0.801. The molecule has 1 aliphatic heterocycles. The van der Waals surface area contributed by atoms with E-state index in [0.717, 1.165) is 31.2 Å². The van der Waals surface area contributed by atoms with Gasteiger partial charge in [-0.05, 0) is 44.0 Å². The minimum absolute atomic E-state index is 0.465. The fourth-order valence-corrected chi connectivity index (χ4v) is 1.91. The van der Waals surface area contributed by atoms with Crippen LogP contribution in [0, 0.1) is 17.2 Å². The Morgan fingerprint density at radius 2 is 2.25 bits per heavy atom. The first-order valence-corrected chi connectivity index (χ1v) is 5.69. The van der Waals surface area contributed by atoms with Gasteiger partial charge >= 0.3 is 0 Å². The third-order valence-electron chi connectivity index (χ3n) is 2.93. The smallest absolute Gasteiger partial charge is 0.140 e. The molecule has 0 unspecified atom stereocenters. The molecule has 0 radical (unpaired) electrons. The lowest BCUT2D eigenvalue weighted by molar-refractivity contribution is 0.390. The van der Waals surface area contributed by atoms with Gasteiger partial charge in [-0.3, -0.25) is 0 Å². The van der Waals surface area contributed by atoms with Crippen molar-refractivity contribution in [2.45, 2.75) is 12.8 Å². The van der Waals surface area contributed by atoms with Crippen molar-refractivity contribution in [2.75, 3.05) is 25.0 Å². The van der Waals surface area contributed by atoms with Gasteiger partial charge in [0.1, 0.15) is 11.8 Å². The lowest BCUT2D eigenvalue weighted by atomic mass is 9.98. The highest BCUT2D eigenvalue weighted by atomic mass is 14.9. The summed E-state index contributed by atoms with van der Waals surface area (Å²) >= 11 is 0. The maximum Gasteiger partial charge on any atom is 0.140 e. The molecule has 0 amide bonds. The van der Waals surface area contributed by atoms with Crippen molar-refractivity contribution < 1.29 is 0 Å². The number of nitrogens with one attached hydrogen (secondary N) is 2. The number of piperidine rings is 1. The van der Waals surface area contributed by atoms with Gasteiger partial charge in [0.2, 0.25) is 0 Å². The molecule has 1 aliphatic rings. The van der Waals surface area contributed by atoms with Crippen LogP contribution in [0.15, 0.2) is 18.3 Å². The van der Waals surface area contributed by atoms with Crippen LogP contribution in [0.3, 0.4) is 0 Å². The molecule has 0 atom stereocenters. The number of anilines is 1. The maximum absolute atomic E-state index is 8.62. The predicted octanol–water partition coefficient (Wildman–Crippen LogP) is 1.36. The Morgan fingerprint density at radius 3 is 2.88 bits per heavy atom. The highest BCUT2D eigenvalue weighted by molar-refractivity contribution is 5.42. The summed E-state index contributed by atoms with van der Waals surface area (Å²) in [6.45, 7) is 3.24. The predicted molar refractivity (Wildman–Crippen MR) is 63.0 cm³/mol. The molecule has 2 rings (SSSR count). The van der Waals surface area contributed by atoms with E-state index in [2.05, 4.69) is 15.6 Å².